The second-order valence-corrected chi connectivity index (χ2v) is 8.97. The van der Waals surface area contributed by atoms with E-state index >= 15 is 0 Å². The maximum atomic E-state index is 5.17. The molecule has 3 heterocycles. The van der Waals surface area contributed by atoms with E-state index in [9.17, 15) is 0 Å². The molecule has 2 aromatic rings. The Bertz CT molecular complexity index is 814. The van der Waals surface area contributed by atoms with E-state index in [4.69, 9.17) is 4.98 Å². The molecule has 1 saturated carbocycles. The van der Waals surface area contributed by atoms with E-state index < -0.39 is 0 Å². The highest BCUT2D eigenvalue weighted by Crippen LogP contribution is 2.46. The summed E-state index contributed by atoms with van der Waals surface area (Å²) in [6, 6.07) is 6.99. The lowest BCUT2D eigenvalue weighted by Crippen LogP contribution is -2.35. The fourth-order valence-corrected chi connectivity index (χ4v) is 4.59. The van der Waals surface area contributed by atoms with Gasteiger partial charge in [0.1, 0.15) is 0 Å². The van der Waals surface area contributed by atoms with Crippen LogP contribution in [-0.4, -0.2) is 28.5 Å². The van der Waals surface area contributed by atoms with Crippen LogP contribution in [0.3, 0.4) is 0 Å². The molecular weight excluding hydrogens is 306 g/mol. The molecule has 25 heavy (non-hydrogen) atoms. The van der Waals surface area contributed by atoms with Crippen LogP contribution in [0.15, 0.2) is 18.2 Å². The standard InChI is InChI=1S/C22H29N3/c1-22(2)10-9-18-20(16-6-7-16)23-19-13-15(14-25-11-3-4-12-25)5-8-17(19)21(18)24-22/h5,8,13,16,24H,3-4,6-7,9-12,14H2,1-2H3. The summed E-state index contributed by atoms with van der Waals surface area (Å²) >= 11 is 0. The van der Waals surface area contributed by atoms with Crippen LogP contribution >= 0.6 is 0 Å². The Balaban J connectivity index is 1.59. The number of benzene rings is 1. The summed E-state index contributed by atoms with van der Waals surface area (Å²) in [5.74, 6) is 0.711. The lowest BCUT2D eigenvalue weighted by Gasteiger charge is -2.35. The summed E-state index contributed by atoms with van der Waals surface area (Å²) in [4.78, 5) is 7.75. The maximum Gasteiger partial charge on any atom is 0.0729 e. The summed E-state index contributed by atoms with van der Waals surface area (Å²) in [6.45, 7) is 8.21. The number of nitrogens with one attached hydrogen (secondary N) is 1. The third-order valence-corrected chi connectivity index (χ3v) is 6.22. The summed E-state index contributed by atoms with van der Waals surface area (Å²) in [5.41, 5.74) is 7.05. The van der Waals surface area contributed by atoms with Crippen molar-refractivity contribution >= 4 is 16.6 Å². The Morgan fingerprint density at radius 3 is 2.76 bits per heavy atom. The minimum absolute atomic E-state index is 0.177. The van der Waals surface area contributed by atoms with E-state index in [-0.39, 0.29) is 5.54 Å². The van der Waals surface area contributed by atoms with Crippen LogP contribution in [0.4, 0.5) is 5.69 Å². The monoisotopic (exact) mass is 335 g/mol. The van der Waals surface area contributed by atoms with Crippen LogP contribution in [0, 0.1) is 0 Å². The van der Waals surface area contributed by atoms with Crippen molar-refractivity contribution in [3.05, 3.63) is 35.0 Å². The third-order valence-electron chi connectivity index (χ3n) is 6.22. The molecule has 132 valence electrons. The number of anilines is 1. The van der Waals surface area contributed by atoms with Gasteiger partial charge in [-0.25, -0.2) is 0 Å². The minimum atomic E-state index is 0.177. The fraction of sp³-hybridized carbons (Fsp3) is 0.591. The fourth-order valence-electron chi connectivity index (χ4n) is 4.59. The van der Waals surface area contributed by atoms with E-state index in [1.165, 1.54) is 85.0 Å². The number of fused-ring (bicyclic) bond motifs is 3. The highest BCUT2D eigenvalue weighted by atomic mass is 15.1. The molecule has 3 heteroatoms. The predicted octanol–water partition coefficient (Wildman–Crippen LogP) is 4.84. The van der Waals surface area contributed by atoms with Crippen molar-refractivity contribution in [2.75, 3.05) is 18.4 Å². The molecule has 1 aromatic heterocycles. The molecule has 3 nitrogen and oxygen atoms in total. The normalized spacial score (nSPS) is 22.8. The molecule has 1 aromatic carbocycles. The molecule has 3 aliphatic rings. The zero-order valence-corrected chi connectivity index (χ0v) is 15.6. The van der Waals surface area contributed by atoms with Gasteiger partial charge in [-0.3, -0.25) is 9.88 Å². The lowest BCUT2D eigenvalue weighted by atomic mass is 9.86. The lowest BCUT2D eigenvalue weighted by molar-refractivity contribution is 0.331. The number of rotatable bonds is 3. The van der Waals surface area contributed by atoms with E-state index in [0.29, 0.717) is 5.92 Å². The van der Waals surface area contributed by atoms with Gasteiger partial charge < -0.3 is 5.32 Å². The third kappa shape index (κ3) is 2.93. The molecular formula is C22H29N3. The highest BCUT2D eigenvalue weighted by Gasteiger charge is 2.34. The molecule has 5 rings (SSSR count). The molecule has 2 fully saturated rings. The molecule has 0 amide bonds. The quantitative estimate of drug-likeness (QED) is 0.869. The number of pyridine rings is 1. The first-order valence-corrected chi connectivity index (χ1v) is 10.0. The number of hydrogen-bond donors (Lipinski definition) is 1. The first-order chi connectivity index (χ1) is 12.1. The minimum Gasteiger partial charge on any atom is -0.379 e. The molecule has 0 spiro atoms. The average Bonchev–Trinajstić information content (AvgIpc) is 3.30. The number of likely N-dealkylation sites (tertiary alicyclic amines) is 1. The van der Waals surface area contributed by atoms with Crippen LogP contribution < -0.4 is 5.32 Å². The average molecular weight is 335 g/mol. The Hall–Kier alpha value is -1.61. The molecule has 2 aliphatic heterocycles. The number of aromatic nitrogens is 1. The Morgan fingerprint density at radius 1 is 1.20 bits per heavy atom. The predicted molar refractivity (Wildman–Crippen MR) is 104 cm³/mol. The van der Waals surface area contributed by atoms with Crippen molar-refractivity contribution in [3.63, 3.8) is 0 Å². The first-order valence-electron chi connectivity index (χ1n) is 10.0. The van der Waals surface area contributed by atoms with Crippen LogP contribution in [-0.2, 0) is 13.0 Å². The van der Waals surface area contributed by atoms with E-state index in [0.717, 1.165) is 6.54 Å². The van der Waals surface area contributed by atoms with Gasteiger partial charge in [-0.2, -0.15) is 0 Å². The zero-order chi connectivity index (χ0) is 17.0. The van der Waals surface area contributed by atoms with Crippen molar-refractivity contribution < 1.29 is 0 Å². The van der Waals surface area contributed by atoms with Crippen LogP contribution in [0.5, 0.6) is 0 Å². The van der Waals surface area contributed by atoms with E-state index in [2.05, 4.69) is 42.3 Å². The van der Waals surface area contributed by atoms with E-state index in [1.54, 1.807) is 0 Å². The molecule has 0 bridgehead atoms. The van der Waals surface area contributed by atoms with Crippen molar-refractivity contribution in [1.29, 1.82) is 0 Å². The van der Waals surface area contributed by atoms with Gasteiger partial charge in [-0.1, -0.05) is 12.1 Å². The van der Waals surface area contributed by atoms with Crippen molar-refractivity contribution in [3.8, 4) is 0 Å². The van der Waals surface area contributed by atoms with E-state index in [1.807, 2.05) is 0 Å². The molecule has 1 N–H and O–H groups in total. The molecule has 1 aliphatic carbocycles. The van der Waals surface area contributed by atoms with Gasteiger partial charge in [-0.15, -0.1) is 0 Å². The summed E-state index contributed by atoms with van der Waals surface area (Å²) < 4.78 is 0. The Labute approximate surface area is 150 Å². The SMILES string of the molecule is CC1(C)CCc2c(C3CC3)nc3cc(CN4CCCC4)ccc3c2N1. The van der Waals surface area contributed by atoms with Gasteiger partial charge in [0.2, 0.25) is 0 Å². The Kier molecular flexibility index (Phi) is 3.56. The van der Waals surface area contributed by atoms with Gasteiger partial charge in [0.15, 0.2) is 0 Å². The van der Waals surface area contributed by atoms with Gasteiger partial charge in [0, 0.05) is 34.8 Å². The maximum absolute atomic E-state index is 5.17. The number of nitrogens with zero attached hydrogens (tertiary/aromatic N) is 2. The first kappa shape index (κ1) is 15.6. The smallest absolute Gasteiger partial charge is 0.0729 e. The van der Waals surface area contributed by atoms with Crippen molar-refractivity contribution in [2.45, 2.75) is 70.4 Å². The van der Waals surface area contributed by atoms with Gasteiger partial charge in [0.25, 0.3) is 0 Å². The number of hydrogen-bond acceptors (Lipinski definition) is 3. The second-order valence-electron chi connectivity index (χ2n) is 8.97. The van der Waals surface area contributed by atoms with Gasteiger partial charge in [0.05, 0.1) is 5.52 Å². The molecule has 1 saturated heterocycles. The highest BCUT2D eigenvalue weighted by molar-refractivity contribution is 5.94. The van der Waals surface area contributed by atoms with Crippen LogP contribution in [0.2, 0.25) is 0 Å². The van der Waals surface area contributed by atoms with Gasteiger partial charge >= 0.3 is 0 Å². The van der Waals surface area contributed by atoms with Crippen molar-refractivity contribution in [1.82, 2.24) is 9.88 Å². The van der Waals surface area contributed by atoms with Gasteiger partial charge in [-0.05, 0) is 82.7 Å². The molecule has 0 atom stereocenters. The zero-order valence-electron chi connectivity index (χ0n) is 15.6. The van der Waals surface area contributed by atoms with Crippen LogP contribution in [0.1, 0.15) is 68.7 Å². The Morgan fingerprint density at radius 2 is 2.00 bits per heavy atom. The van der Waals surface area contributed by atoms with Crippen LogP contribution in [0.25, 0.3) is 10.9 Å². The summed E-state index contributed by atoms with van der Waals surface area (Å²) in [5, 5.41) is 5.16. The topological polar surface area (TPSA) is 28.2 Å². The largest absolute Gasteiger partial charge is 0.379 e. The summed E-state index contributed by atoms with van der Waals surface area (Å²) in [7, 11) is 0. The second kappa shape index (κ2) is 5.70. The summed E-state index contributed by atoms with van der Waals surface area (Å²) in [6.07, 6.45) is 7.71. The van der Waals surface area contributed by atoms with Crippen molar-refractivity contribution in [2.24, 2.45) is 0 Å². The molecule has 0 radical (unpaired) electrons. The molecule has 0 unspecified atom stereocenters.